The Bertz CT molecular complexity index is 1010. The fourth-order valence-electron chi connectivity index (χ4n) is 3.00. The van der Waals surface area contributed by atoms with Gasteiger partial charge in [-0.2, -0.15) is 0 Å². The molecule has 0 atom stereocenters. The van der Waals surface area contributed by atoms with Gasteiger partial charge in [0, 0.05) is 21.8 Å². The Labute approximate surface area is 145 Å². The van der Waals surface area contributed by atoms with Crippen molar-refractivity contribution >= 4 is 22.5 Å². The zero-order chi connectivity index (χ0) is 16.7. The molecule has 2 aromatic carbocycles. The molecule has 0 aliphatic rings. The first-order chi connectivity index (χ1) is 11.6. The van der Waals surface area contributed by atoms with Crippen LogP contribution in [0.15, 0.2) is 59.0 Å². The van der Waals surface area contributed by atoms with Crippen LogP contribution < -0.4 is 0 Å². The van der Waals surface area contributed by atoms with Gasteiger partial charge in [-0.15, -0.1) is 0 Å². The van der Waals surface area contributed by atoms with Crippen LogP contribution in [0.2, 0.25) is 5.02 Å². The first kappa shape index (κ1) is 15.0. The van der Waals surface area contributed by atoms with E-state index in [2.05, 4.69) is 41.8 Å². The highest BCUT2D eigenvalue weighted by Crippen LogP contribution is 2.26. The van der Waals surface area contributed by atoms with E-state index in [1.54, 1.807) is 0 Å². The molecule has 0 radical (unpaired) electrons. The number of benzene rings is 2. The second-order valence-corrected chi connectivity index (χ2v) is 6.40. The van der Waals surface area contributed by atoms with E-state index in [1.165, 1.54) is 16.6 Å². The van der Waals surface area contributed by atoms with Gasteiger partial charge in [-0.1, -0.05) is 29.8 Å². The molecule has 0 bridgehead atoms. The number of hydrogen-bond donors (Lipinski definition) is 0. The average Bonchev–Trinajstić information content (AvgIpc) is 3.09. The minimum atomic E-state index is 0.633. The van der Waals surface area contributed by atoms with Gasteiger partial charge in [0.1, 0.15) is 11.5 Å². The van der Waals surface area contributed by atoms with E-state index in [9.17, 15) is 0 Å². The first-order valence-corrected chi connectivity index (χ1v) is 8.27. The summed E-state index contributed by atoms with van der Waals surface area (Å²) in [5.74, 6) is 1.48. The normalized spacial score (nSPS) is 11.3. The quantitative estimate of drug-likeness (QED) is 0.486. The highest BCUT2D eigenvalue weighted by molar-refractivity contribution is 6.30. The molecule has 0 spiro atoms. The summed E-state index contributed by atoms with van der Waals surface area (Å²) in [7, 11) is 0. The average molecular weight is 337 g/mol. The molecule has 2 heterocycles. The first-order valence-electron chi connectivity index (χ1n) is 7.89. The van der Waals surface area contributed by atoms with E-state index >= 15 is 0 Å². The third kappa shape index (κ3) is 2.61. The van der Waals surface area contributed by atoms with Gasteiger partial charge in [-0.05, 0) is 55.6 Å². The molecule has 3 nitrogen and oxygen atoms in total. The van der Waals surface area contributed by atoms with Crippen molar-refractivity contribution in [2.75, 3.05) is 0 Å². The lowest BCUT2D eigenvalue weighted by atomic mass is 10.2. The summed E-state index contributed by atoms with van der Waals surface area (Å²) < 4.78 is 8.14. The van der Waals surface area contributed by atoms with Crippen molar-refractivity contribution in [2.24, 2.45) is 0 Å². The number of oxazole rings is 1. The Balaban J connectivity index is 1.72. The SMILES string of the molecule is Cc1oc(-c2ccc(Cl)cc2)nc1Cn1c(C)cc2ccccc21. The largest absolute Gasteiger partial charge is 0.441 e. The van der Waals surface area contributed by atoms with Gasteiger partial charge in [0.15, 0.2) is 0 Å². The Kier molecular flexibility index (Phi) is 3.66. The fraction of sp³-hybridized carbons (Fsp3) is 0.150. The molecule has 0 unspecified atom stereocenters. The van der Waals surface area contributed by atoms with Crippen LogP contribution in [-0.2, 0) is 6.54 Å². The second-order valence-electron chi connectivity index (χ2n) is 5.96. The fourth-order valence-corrected chi connectivity index (χ4v) is 3.12. The van der Waals surface area contributed by atoms with Crippen molar-refractivity contribution in [3.05, 3.63) is 76.8 Å². The smallest absolute Gasteiger partial charge is 0.226 e. The predicted molar refractivity (Wildman–Crippen MR) is 97.5 cm³/mol. The summed E-state index contributed by atoms with van der Waals surface area (Å²) in [5, 5.41) is 1.95. The van der Waals surface area contributed by atoms with E-state index in [4.69, 9.17) is 21.0 Å². The number of aryl methyl sites for hydroxylation is 2. The van der Waals surface area contributed by atoms with Crippen molar-refractivity contribution in [3.8, 4) is 11.5 Å². The molecule has 4 aromatic rings. The third-order valence-corrected chi connectivity index (χ3v) is 4.56. The molecule has 0 saturated carbocycles. The minimum absolute atomic E-state index is 0.633. The topological polar surface area (TPSA) is 31.0 Å². The van der Waals surface area contributed by atoms with Crippen LogP contribution in [-0.4, -0.2) is 9.55 Å². The summed E-state index contributed by atoms with van der Waals surface area (Å²) in [4.78, 5) is 4.70. The van der Waals surface area contributed by atoms with Crippen molar-refractivity contribution in [1.82, 2.24) is 9.55 Å². The molecule has 4 rings (SSSR count). The molecule has 4 heteroatoms. The number of fused-ring (bicyclic) bond motifs is 1. The number of rotatable bonds is 3. The molecular formula is C20H17ClN2O. The molecular weight excluding hydrogens is 320 g/mol. The zero-order valence-electron chi connectivity index (χ0n) is 13.6. The lowest BCUT2D eigenvalue weighted by molar-refractivity contribution is 0.538. The molecule has 0 aliphatic carbocycles. The summed E-state index contributed by atoms with van der Waals surface area (Å²) in [6.45, 7) is 4.78. The monoisotopic (exact) mass is 336 g/mol. The van der Waals surface area contributed by atoms with E-state index in [0.717, 1.165) is 17.0 Å². The Morgan fingerprint density at radius 1 is 1.04 bits per heavy atom. The summed E-state index contributed by atoms with van der Waals surface area (Å²) in [6, 6.07) is 18.1. The Morgan fingerprint density at radius 2 is 1.79 bits per heavy atom. The molecule has 0 N–H and O–H groups in total. The molecule has 0 aliphatic heterocycles. The number of halogens is 1. The number of hydrogen-bond acceptors (Lipinski definition) is 2. The van der Waals surface area contributed by atoms with Gasteiger partial charge in [-0.3, -0.25) is 0 Å². The van der Waals surface area contributed by atoms with Gasteiger partial charge in [0.25, 0.3) is 0 Å². The lowest BCUT2D eigenvalue weighted by Crippen LogP contribution is -2.03. The Hall–Kier alpha value is -2.52. The zero-order valence-corrected chi connectivity index (χ0v) is 14.3. The van der Waals surface area contributed by atoms with Gasteiger partial charge >= 0.3 is 0 Å². The van der Waals surface area contributed by atoms with Crippen molar-refractivity contribution in [2.45, 2.75) is 20.4 Å². The van der Waals surface area contributed by atoms with Crippen molar-refractivity contribution in [1.29, 1.82) is 0 Å². The maximum atomic E-state index is 5.95. The summed E-state index contributed by atoms with van der Waals surface area (Å²) >= 11 is 5.95. The molecule has 0 saturated heterocycles. The molecule has 0 fully saturated rings. The van der Waals surface area contributed by atoms with Crippen LogP contribution in [0.4, 0.5) is 0 Å². The lowest BCUT2D eigenvalue weighted by Gasteiger charge is -2.06. The van der Waals surface area contributed by atoms with Gasteiger partial charge in [-0.25, -0.2) is 4.98 Å². The maximum absolute atomic E-state index is 5.95. The highest BCUT2D eigenvalue weighted by atomic mass is 35.5. The van der Waals surface area contributed by atoms with E-state index in [-0.39, 0.29) is 0 Å². The highest BCUT2D eigenvalue weighted by Gasteiger charge is 2.14. The third-order valence-electron chi connectivity index (χ3n) is 4.31. The predicted octanol–water partition coefficient (Wildman–Crippen LogP) is 5.61. The van der Waals surface area contributed by atoms with Gasteiger partial charge < -0.3 is 8.98 Å². The second kappa shape index (κ2) is 5.84. The number of aromatic nitrogens is 2. The van der Waals surface area contributed by atoms with E-state index < -0.39 is 0 Å². The number of para-hydroxylation sites is 1. The van der Waals surface area contributed by atoms with Crippen LogP contribution in [0.1, 0.15) is 17.1 Å². The van der Waals surface area contributed by atoms with Crippen LogP contribution in [0.5, 0.6) is 0 Å². The molecule has 24 heavy (non-hydrogen) atoms. The van der Waals surface area contributed by atoms with E-state index in [0.29, 0.717) is 17.5 Å². The van der Waals surface area contributed by atoms with Crippen LogP contribution in [0.25, 0.3) is 22.4 Å². The summed E-state index contributed by atoms with van der Waals surface area (Å²) in [5.41, 5.74) is 4.31. The molecule has 120 valence electrons. The van der Waals surface area contributed by atoms with Crippen LogP contribution in [0, 0.1) is 13.8 Å². The minimum Gasteiger partial charge on any atom is -0.441 e. The van der Waals surface area contributed by atoms with E-state index in [1.807, 2.05) is 31.2 Å². The van der Waals surface area contributed by atoms with Gasteiger partial charge in [0.2, 0.25) is 5.89 Å². The Morgan fingerprint density at radius 3 is 2.58 bits per heavy atom. The number of nitrogens with zero attached hydrogens (tertiary/aromatic N) is 2. The van der Waals surface area contributed by atoms with Crippen molar-refractivity contribution < 1.29 is 4.42 Å². The van der Waals surface area contributed by atoms with Crippen LogP contribution in [0.3, 0.4) is 0 Å². The molecule has 2 aromatic heterocycles. The van der Waals surface area contributed by atoms with Crippen LogP contribution >= 0.6 is 11.6 Å². The standard InChI is InChI=1S/C20H17ClN2O/c1-13-11-16-5-3-4-6-19(16)23(13)12-18-14(2)24-20(22-18)15-7-9-17(21)10-8-15/h3-11H,12H2,1-2H3. The molecule has 0 amide bonds. The van der Waals surface area contributed by atoms with Crippen molar-refractivity contribution in [3.63, 3.8) is 0 Å². The van der Waals surface area contributed by atoms with Gasteiger partial charge in [0.05, 0.1) is 6.54 Å². The maximum Gasteiger partial charge on any atom is 0.226 e. The summed E-state index contributed by atoms with van der Waals surface area (Å²) in [6.07, 6.45) is 0.